The van der Waals surface area contributed by atoms with Crippen molar-refractivity contribution < 1.29 is 13.5 Å². The van der Waals surface area contributed by atoms with Gasteiger partial charge in [-0.2, -0.15) is 0 Å². The number of hydrogen-bond acceptors (Lipinski definition) is 4. The normalized spacial score (nSPS) is 13.8. The number of aliphatic hydroxyl groups excluding tert-OH is 1. The average Bonchev–Trinajstić information content (AvgIpc) is 2.26. The van der Waals surface area contributed by atoms with Crippen LogP contribution in [0, 0.1) is 0 Å². The molecule has 2 N–H and O–H groups in total. The van der Waals surface area contributed by atoms with E-state index in [1.54, 1.807) is 18.2 Å². The molecular formula is C12H18BrNO3S. The second-order valence-corrected chi connectivity index (χ2v) is 7.29. The molecular weight excluding hydrogens is 318 g/mol. The lowest BCUT2D eigenvalue weighted by molar-refractivity contribution is 0.190. The number of sulfone groups is 1. The van der Waals surface area contributed by atoms with Gasteiger partial charge in [0.2, 0.25) is 0 Å². The van der Waals surface area contributed by atoms with Crippen LogP contribution in [-0.2, 0) is 9.84 Å². The number of nitrogens with one attached hydrogen (secondary N) is 1. The number of halogens is 1. The van der Waals surface area contributed by atoms with E-state index in [2.05, 4.69) is 21.2 Å². The fraction of sp³-hybridized carbons (Fsp3) is 0.500. The molecule has 18 heavy (non-hydrogen) atoms. The van der Waals surface area contributed by atoms with Gasteiger partial charge in [-0.25, -0.2) is 8.42 Å². The molecule has 0 saturated heterocycles. The molecule has 0 heterocycles. The highest BCUT2D eigenvalue weighted by Gasteiger charge is 2.21. The molecule has 0 aliphatic rings. The Morgan fingerprint density at radius 1 is 1.33 bits per heavy atom. The first-order chi connectivity index (χ1) is 8.33. The fourth-order valence-electron chi connectivity index (χ4n) is 1.47. The van der Waals surface area contributed by atoms with E-state index in [1.807, 2.05) is 13.8 Å². The highest BCUT2D eigenvalue weighted by molar-refractivity contribution is 9.10. The molecule has 0 aromatic heterocycles. The lowest BCUT2D eigenvalue weighted by Gasteiger charge is -2.14. The summed E-state index contributed by atoms with van der Waals surface area (Å²) in [6.07, 6.45) is -0.912. The van der Waals surface area contributed by atoms with Gasteiger partial charge in [0.1, 0.15) is 0 Å². The van der Waals surface area contributed by atoms with E-state index in [4.69, 9.17) is 0 Å². The number of aliphatic hydroxyl groups is 1. The summed E-state index contributed by atoms with van der Waals surface area (Å²) in [6.45, 7) is 4.14. The van der Waals surface area contributed by atoms with Crippen molar-refractivity contribution in [1.29, 1.82) is 0 Å². The van der Waals surface area contributed by atoms with Gasteiger partial charge in [-0.05, 0) is 28.1 Å². The summed E-state index contributed by atoms with van der Waals surface area (Å²) in [4.78, 5) is 0.216. The van der Waals surface area contributed by atoms with Gasteiger partial charge < -0.3 is 10.4 Å². The van der Waals surface area contributed by atoms with Crippen LogP contribution in [-0.4, -0.2) is 38.0 Å². The van der Waals surface area contributed by atoms with Crippen molar-refractivity contribution >= 4 is 25.8 Å². The molecule has 1 unspecified atom stereocenters. The van der Waals surface area contributed by atoms with Crippen LogP contribution < -0.4 is 5.32 Å². The summed E-state index contributed by atoms with van der Waals surface area (Å²) in [7, 11) is -3.47. The lowest BCUT2D eigenvalue weighted by atomic mass is 10.3. The largest absolute Gasteiger partial charge is 0.391 e. The van der Waals surface area contributed by atoms with E-state index in [1.165, 1.54) is 6.07 Å². The molecule has 6 heteroatoms. The Labute approximate surface area is 116 Å². The average molecular weight is 336 g/mol. The third kappa shape index (κ3) is 4.68. The molecule has 1 rings (SSSR count). The molecule has 0 aliphatic carbocycles. The zero-order valence-corrected chi connectivity index (χ0v) is 12.8. The van der Waals surface area contributed by atoms with Gasteiger partial charge >= 0.3 is 0 Å². The minimum atomic E-state index is -3.47. The molecule has 1 aromatic rings. The van der Waals surface area contributed by atoms with Crippen molar-refractivity contribution in [3.8, 4) is 0 Å². The maximum atomic E-state index is 12.1. The van der Waals surface area contributed by atoms with Crippen LogP contribution in [0.2, 0.25) is 0 Å². The Hall–Kier alpha value is -0.430. The number of hydrogen-bond donors (Lipinski definition) is 2. The van der Waals surface area contributed by atoms with Gasteiger partial charge in [0.15, 0.2) is 9.84 Å². The van der Waals surface area contributed by atoms with E-state index < -0.39 is 15.9 Å². The Morgan fingerprint density at radius 2 is 1.94 bits per heavy atom. The molecule has 0 fully saturated rings. The van der Waals surface area contributed by atoms with E-state index in [9.17, 15) is 13.5 Å². The minimum absolute atomic E-state index is 0.214. The summed E-state index contributed by atoms with van der Waals surface area (Å²) < 4.78 is 24.7. The standard InChI is InChI=1S/C12H18BrNO3S/c1-9(2)14-7-10(15)8-18(16,17)12-6-4-3-5-11(12)13/h3-6,9-10,14-15H,7-8H2,1-2H3. The van der Waals surface area contributed by atoms with Gasteiger partial charge in [-0.1, -0.05) is 26.0 Å². The van der Waals surface area contributed by atoms with Crippen LogP contribution in [0.15, 0.2) is 33.6 Å². The first kappa shape index (κ1) is 15.6. The van der Waals surface area contributed by atoms with Crippen molar-refractivity contribution in [3.05, 3.63) is 28.7 Å². The third-order valence-electron chi connectivity index (χ3n) is 2.35. The van der Waals surface area contributed by atoms with Gasteiger partial charge in [-0.15, -0.1) is 0 Å². The van der Waals surface area contributed by atoms with Crippen LogP contribution in [0.5, 0.6) is 0 Å². The molecule has 102 valence electrons. The van der Waals surface area contributed by atoms with Crippen molar-refractivity contribution in [2.24, 2.45) is 0 Å². The predicted octanol–water partition coefficient (Wildman–Crippen LogP) is 1.58. The highest BCUT2D eigenvalue weighted by Crippen LogP contribution is 2.22. The van der Waals surface area contributed by atoms with E-state index in [-0.39, 0.29) is 23.2 Å². The zero-order valence-electron chi connectivity index (χ0n) is 10.4. The molecule has 0 radical (unpaired) electrons. The van der Waals surface area contributed by atoms with E-state index >= 15 is 0 Å². The van der Waals surface area contributed by atoms with Gasteiger partial charge in [-0.3, -0.25) is 0 Å². The lowest BCUT2D eigenvalue weighted by Crippen LogP contribution is -2.35. The van der Waals surface area contributed by atoms with Crippen LogP contribution >= 0.6 is 15.9 Å². The summed E-state index contributed by atoms with van der Waals surface area (Å²) in [5, 5.41) is 12.7. The first-order valence-corrected chi connectivity index (χ1v) is 8.16. The summed E-state index contributed by atoms with van der Waals surface area (Å²) >= 11 is 3.21. The minimum Gasteiger partial charge on any atom is -0.391 e. The van der Waals surface area contributed by atoms with Crippen LogP contribution in [0.25, 0.3) is 0 Å². The molecule has 1 aromatic carbocycles. The topological polar surface area (TPSA) is 66.4 Å². The highest BCUT2D eigenvalue weighted by atomic mass is 79.9. The second-order valence-electron chi connectivity index (χ2n) is 4.43. The van der Waals surface area contributed by atoms with Crippen molar-refractivity contribution in [2.45, 2.75) is 30.9 Å². The second kappa shape index (κ2) is 6.65. The molecule has 1 atom stereocenters. The Balaban J connectivity index is 2.74. The summed E-state index contributed by atoms with van der Waals surface area (Å²) in [5.41, 5.74) is 0. The monoisotopic (exact) mass is 335 g/mol. The maximum Gasteiger partial charge on any atom is 0.182 e. The Bertz CT molecular complexity index is 488. The molecule has 0 aliphatic heterocycles. The molecule has 0 spiro atoms. The maximum absolute atomic E-state index is 12.1. The quantitative estimate of drug-likeness (QED) is 0.828. The van der Waals surface area contributed by atoms with Crippen LogP contribution in [0.3, 0.4) is 0 Å². The predicted molar refractivity (Wildman–Crippen MR) is 75.3 cm³/mol. The van der Waals surface area contributed by atoms with Crippen molar-refractivity contribution in [2.75, 3.05) is 12.3 Å². The SMILES string of the molecule is CC(C)NCC(O)CS(=O)(=O)c1ccccc1Br. The molecule has 0 saturated carbocycles. The Kier molecular flexibility index (Phi) is 5.78. The molecule has 4 nitrogen and oxygen atoms in total. The van der Waals surface area contributed by atoms with Crippen molar-refractivity contribution in [3.63, 3.8) is 0 Å². The number of rotatable bonds is 6. The fourth-order valence-corrected chi connectivity index (χ4v) is 3.95. The van der Waals surface area contributed by atoms with Crippen molar-refractivity contribution in [1.82, 2.24) is 5.32 Å². The van der Waals surface area contributed by atoms with E-state index in [0.717, 1.165) is 0 Å². The zero-order chi connectivity index (χ0) is 13.8. The molecule has 0 amide bonds. The Morgan fingerprint density at radius 3 is 2.50 bits per heavy atom. The first-order valence-electron chi connectivity index (χ1n) is 5.71. The summed E-state index contributed by atoms with van der Waals surface area (Å²) in [5.74, 6) is -0.282. The van der Waals surface area contributed by atoms with Gasteiger partial charge in [0.05, 0.1) is 16.8 Å². The van der Waals surface area contributed by atoms with Crippen LogP contribution in [0.4, 0.5) is 0 Å². The summed E-state index contributed by atoms with van der Waals surface area (Å²) in [6, 6.07) is 6.83. The smallest absolute Gasteiger partial charge is 0.182 e. The van der Waals surface area contributed by atoms with Gasteiger partial charge in [0, 0.05) is 17.1 Å². The number of benzene rings is 1. The third-order valence-corrected chi connectivity index (χ3v) is 5.15. The molecule has 0 bridgehead atoms. The van der Waals surface area contributed by atoms with Gasteiger partial charge in [0.25, 0.3) is 0 Å². The van der Waals surface area contributed by atoms with Crippen LogP contribution in [0.1, 0.15) is 13.8 Å². The van der Waals surface area contributed by atoms with E-state index in [0.29, 0.717) is 4.47 Å².